The molecule has 0 nitrogen and oxygen atoms in total. The minimum atomic E-state index is 0.794. The van der Waals surface area contributed by atoms with E-state index < -0.39 is 0 Å². The third-order valence-corrected chi connectivity index (χ3v) is 4.61. The molecule has 1 heteroatoms. The van der Waals surface area contributed by atoms with Crippen molar-refractivity contribution in [2.75, 3.05) is 0 Å². The van der Waals surface area contributed by atoms with Gasteiger partial charge in [0.05, 0.1) is 0 Å². The van der Waals surface area contributed by atoms with Crippen LogP contribution >= 0.6 is 11.8 Å². The SMILES string of the molecule is C(#CCc1ccccc1Sc1ccccc1)Cc1ccccc1. The summed E-state index contributed by atoms with van der Waals surface area (Å²) in [6.45, 7) is 0. The molecule has 0 aliphatic rings. The van der Waals surface area contributed by atoms with Crippen molar-refractivity contribution in [2.24, 2.45) is 0 Å². The van der Waals surface area contributed by atoms with Crippen LogP contribution in [0.25, 0.3) is 0 Å². The van der Waals surface area contributed by atoms with Gasteiger partial charge in [0.15, 0.2) is 0 Å². The van der Waals surface area contributed by atoms with Crippen molar-refractivity contribution < 1.29 is 0 Å². The topological polar surface area (TPSA) is 0 Å². The highest BCUT2D eigenvalue weighted by molar-refractivity contribution is 7.99. The van der Waals surface area contributed by atoms with Crippen molar-refractivity contribution in [3.05, 3.63) is 96.1 Å². The molecule has 112 valence electrons. The zero-order valence-corrected chi connectivity index (χ0v) is 13.7. The quantitative estimate of drug-likeness (QED) is 0.563. The van der Waals surface area contributed by atoms with Crippen LogP contribution in [0.15, 0.2) is 94.7 Å². The summed E-state index contributed by atoms with van der Waals surface area (Å²) in [4.78, 5) is 2.55. The average Bonchev–Trinajstić information content (AvgIpc) is 2.62. The molecule has 0 saturated heterocycles. The lowest BCUT2D eigenvalue weighted by Crippen LogP contribution is -1.87. The number of hydrogen-bond donors (Lipinski definition) is 0. The third-order valence-electron chi connectivity index (χ3n) is 3.48. The molecule has 3 aromatic carbocycles. The van der Waals surface area contributed by atoms with Gasteiger partial charge in [-0.2, -0.15) is 0 Å². The van der Waals surface area contributed by atoms with Crippen LogP contribution in [-0.2, 0) is 12.8 Å². The van der Waals surface area contributed by atoms with Crippen molar-refractivity contribution in [1.82, 2.24) is 0 Å². The van der Waals surface area contributed by atoms with Crippen molar-refractivity contribution in [1.29, 1.82) is 0 Å². The van der Waals surface area contributed by atoms with Crippen molar-refractivity contribution >= 4 is 11.8 Å². The summed E-state index contributed by atoms with van der Waals surface area (Å²) in [5.41, 5.74) is 2.56. The van der Waals surface area contributed by atoms with Crippen LogP contribution in [0.3, 0.4) is 0 Å². The van der Waals surface area contributed by atoms with Crippen LogP contribution in [0.2, 0.25) is 0 Å². The first-order valence-corrected chi connectivity index (χ1v) is 8.54. The predicted octanol–water partition coefficient (Wildman–Crippen LogP) is 5.63. The van der Waals surface area contributed by atoms with Crippen LogP contribution in [0.1, 0.15) is 11.1 Å². The Morgan fingerprint density at radius 1 is 0.609 bits per heavy atom. The third kappa shape index (κ3) is 4.77. The first kappa shape index (κ1) is 15.5. The molecular formula is C22H18S. The lowest BCUT2D eigenvalue weighted by Gasteiger charge is -2.06. The summed E-state index contributed by atoms with van der Waals surface area (Å²) < 4.78 is 0. The fourth-order valence-corrected chi connectivity index (χ4v) is 3.25. The highest BCUT2D eigenvalue weighted by atomic mass is 32.2. The zero-order valence-electron chi connectivity index (χ0n) is 12.9. The maximum absolute atomic E-state index is 3.31. The van der Waals surface area contributed by atoms with Crippen LogP contribution in [0.4, 0.5) is 0 Å². The molecule has 3 rings (SSSR count). The smallest absolute Gasteiger partial charge is 0.0351 e. The lowest BCUT2D eigenvalue weighted by molar-refractivity contribution is 1.20. The van der Waals surface area contributed by atoms with Crippen LogP contribution in [0.5, 0.6) is 0 Å². The van der Waals surface area contributed by atoms with Crippen LogP contribution in [0, 0.1) is 11.8 Å². The molecule has 0 spiro atoms. The maximum atomic E-state index is 3.31. The Bertz CT molecular complexity index is 795. The van der Waals surface area contributed by atoms with Crippen LogP contribution in [-0.4, -0.2) is 0 Å². The van der Waals surface area contributed by atoms with E-state index in [1.807, 2.05) is 12.1 Å². The standard InChI is InChI=1S/C22H18S/c1-3-11-19(12-4-1)13-7-8-14-20-15-9-10-18-22(20)23-21-16-5-2-6-17-21/h1-6,9-12,15-18H,13-14H2. The zero-order chi connectivity index (χ0) is 15.7. The molecular weight excluding hydrogens is 296 g/mol. The Balaban J connectivity index is 1.67. The van der Waals surface area contributed by atoms with Gasteiger partial charge < -0.3 is 0 Å². The van der Waals surface area contributed by atoms with Gasteiger partial charge in [-0.1, -0.05) is 90.3 Å². The molecule has 0 atom stereocenters. The Kier molecular flexibility index (Phi) is 5.56. The normalized spacial score (nSPS) is 9.91. The Morgan fingerprint density at radius 2 is 1.22 bits per heavy atom. The predicted molar refractivity (Wildman–Crippen MR) is 98.6 cm³/mol. The molecule has 0 amide bonds. The average molecular weight is 314 g/mol. The highest BCUT2D eigenvalue weighted by Gasteiger charge is 2.02. The van der Waals surface area contributed by atoms with E-state index in [0.29, 0.717) is 0 Å². The first-order chi connectivity index (χ1) is 11.4. The summed E-state index contributed by atoms with van der Waals surface area (Å²) in [6, 6.07) is 29.4. The fraction of sp³-hybridized carbons (Fsp3) is 0.0909. The van der Waals surface area contributed by atoms with Gasteiger partial charge in [-0.15, -0.1) is 0 Å². The van der Waals surface area contributed by atoms with E-state index in [1.54, 1.807) is 11.8 Å². The van der Waals surface area contributed by atoms with Gasteiger partial charge in [0.1, 0.15) is 0 Å². The van der Waals surface area contributed by atoms with E-state index in [2.05, 4.69) is 84.6 Å². The second-order valence-corrected chi connectivity index (χ2v) is 6.33. The van der Waals surface area contributed by atoms with Gasteiger partial charge in [0, 0.05) is 22.6 Å². The lowest BCUT2D eigenvalue weighted by atomic mass is 10.1. The largest absolute Gasteiger partial charge is 0.0982 e. The first-order valence-electron chi connectivity index (χ1n) is 7.72. The minimum absolute atomic E-state index is 0.794. The molecule has 0 heterocycles. The van der Waals surface area contributed by atoms with Crippen molar-refractivity contribution in [3.63, 3.8) is 0 Å². The van der Waals surface area contributed by atoms with E-state index in [1.165, 1.54) is 20.9 Å². The van der Waals surface area contributed by atoms with Crippen molar-refractivity contribution in [3.8, 4) is 11.8 Å². The molecule has 0 aromatic heterocycles. The summed E-state index contributed by atoms with van der Waals surface area (Å²) in [7, 11) is 0. The van der Waals surface area contributed by atoms with Gasteiger partial charge in [0.2, 0.25) is 0 Å². The second-order valence-electron chi connectivity index (χ2n) is 5.22. The molecule has 3 aromatic rings. The van der Waals surface area contributed by atoms with Crippen molar-refractivity contribution in [2.45, 2.75) is 22.6 Å². The van der Waals surface area contributed by atoms with Crippen LogP contribution < -0.4 is 0 Å². The Morgan fingerprint density at radius 3 is 2.00 bits per heavy atom. The number of benzene rings is 3. The number of hydrogen-bond acceptors (Lipinski definition) is 1. The summed E-state index contributed by atoms with van der Waals surface area (Å²) in [5, 5.41) is 0. The summed E-state index contributed by atoms with van der Waals surface area (Å²) >= 11 is 1.80. The summed E-state index contributed by atoms with van der Waals surface area (Å²) in [5.74, 6) is 6.59. The maximum Gasteiger partial charge on any atom is 0.0351 e. The van der Waals surface area contributed by atoms with Gasteiger partial charge in [-0.3, -0.25) is 0 Å². The molecule has 0 saturated carbocycles. The molecule has 0 unspecified atom stereocenters. The van der Waals surface area contributed by atoms with E-state index in [0.717, 1.165) is 12.8 Å². The molecule has 0 bridgehead atoms. The Labute approximate surface area is 142 Å². The molecule has 23 heavy (non-hydrogen) atoms. The highest BCUT2D eigenvalue weighted by Crippen LogP contribution is 2.30. The number of rotatable bonds is 4. The molecule has 0 aliphatic carbocycles. The van der Waals surface area contributed by atoms with E-state index in [-0.39, 0.29) is 0 Å². The fourth-order valence-electron chi connectivity index (χ4n) is 2.28. The molecule has 0 N–H and O–H groups in total. The van der Waals surface area contributed by atoms with E-state index in [9.17, 15) is 0 Å². The molecule has 0 radical (unpaired) electrons. The van der Waals surface area contributed by atoms with Gasteiger partial charge in [-0.25, -0.2) is 0 Å². The van der Waals surface area contributed by atoms with Gasteiger partial charge >= 0.3 is 0 Å². The van der Waals surface area contributed by atoms with E-state index in [4.69, 9.17) is 0 Å². The second kappa shape index (κ2) is 8.27. The van der Waals surface area contributed by atoms with Gasteiger partial charge in [-0.05, 0) is 29.3 Å². The van der Waals surface area contributed by atoms with Gasteiger partial charge in [0.25, 0.3) is 0 Å². The Hall–Kier alpha value is -2.43. The minimum Gasteiger partial charge on any atom is -0.0982 e. The molecule has 0 aliphatic heterocycles. The molecule has 0 fully saturated rings. The van der Waals surface area contributed by atoms with E-state index >= 15 is 0 Å². The summed E-state index contributed by atoms with van der Waals surface area (Å²) in [6.07, 6.45) is 1.61. The monoisotopic (exact) mass is 314 g/mol.